The molecule has 1 unspecified atom stereocenters. The van der Waals surface area contributed by atoms with Crippen molar-refractivity contribution in [2.45, 2.75) is 13.0 Å². The zero-order valence-electron chi connectivity index (χ0n) is 11.4. The molecule has 2 aromatic rings. The number of benzene rings is 1. The molecule has 0 saturated heterocycles. The number of hydrogen-bond donors (Lipinski definition) is 0. The van der Waals surface area contributed by atoms with Gasteiger partial charge in [0.15, 0.2) is 5.76 Å². The molecule has 1 amide bonds. The van der Waals surface area contributed by atoms with E-state index >= 15 is 0 Å². The monoisotopic (exact) mass is 292 g/mol. The van der Waals surface area contributed by atoms with Crippen LogP contribution in [0.2, 0.25) is 0 Å². The van der Waals surface area contributed by atoms with Crippen LogP contribution in [0, 0.1) is 15.9 Å². The number of rotatable bonds is 4. The number of nitro groups is 1. The van der Waals surface area contributed by atoms with E-state index in [0.29, 0.717) is 0 Å². The van der Waals surface area contributed by atoms with Crippen molar-refractivity contribution in [3.05, 3.63) is 63.7 Å². The van der Waals surface area contributed by atoms with Crippen LogP contribution in [0.5, 0.6) is 0 Å². The van der Waals surface area contributed by atoms with Gasteiger partial charge >= 0.3 is 5.88 Å². The molecular weight excluding hydrogens is 279 g/mol. The van der Waals surface area contributed by atoms with Crippen LogP contribution in [0.25, 0.3) is 0 Å². The molecule has 1 aromatic carbocycles. The average molecular weight is 292 g/mol. The maximum atomic E-state index is 12.9. The lowest BCUT2D eigenvalue weighted by atomic mass is 10.1. The molecular formula is C14H13FN2O4. The van der Waals surface area contributed by atoms with Crippen molar-refractivity contribution in [2.24, 2.45) is 0 Å². The summed E-state index contributed by atoms with van der Waals surface area (Å²) in [6.07, 6.45) is 0. The van der Waals surface area contributed by atoms with E-state index < -0.39 is 16.7 Å². The molecule has 0 aliphatic rings. The molecule has 6 nitrogen and oxygen atoms in total. The number of carbonyl (C=O) groups is 1. The summed E-state index contributed by atoms with van der Waals surface area (Å²) < 4.78 is 17.8. The largest absolute Gasteiger partial charge is 0.433 e. The topological polar surface area (TPSA) is 76.6 Å². The van der Waals surface area contributed by atoms with Gasteiger partial charge in [0, 0.05) is 7.05 Å². The number of amides is 1. The molecule has 1 aromatic heterocycles. The Morgan fingerprint density at radius 2 is 1.90 bits per heavy atom. The minimum atomic E-state index is -0.708. The van der Waals surface area contributed by atoms with E-state index in [0.717, 1.165) is 11.6 Å². The van der Waals surface area contributed by atoms with Gasteiger partial charge in [-0.15, -0.1) is 0 Å². The van der Waals surface area contributed by atoms with E-state index in [9.17, 15) is 19.3 Å². The molecule has 0 aliphatic carbocycles. The molecule has 0 aliphatic heterocycles. The van der Waals surface area contributed by atoms with Crippen LogP contribution in [-0.2, 0) is 0 Å². The Balaban J connectivity index is 2.17. The van der Waals surface area contributed by atoms with Gasteiger partial charge in [-0.25, -0.2) is 4.39 Å². The summed E-state index contributed by atoms with van der Waals surface area (Å²) in [6, 6.07) is 7.83. The second kappa shape index (κ2) is 5.74. The first kappa shape index (κ1) is 14.7. The Labute approximate surface area is 119 Å². The van der Waals surface area contributed by atoms with E-state index in [1.54, 1.807) is 26.1 Å². The van der Waals surface area contributed by atoms with Crippen molar-refractivity contribution < 1.29 is 18.5 Å². The van der Waals surface area contributed by atoms with Crippen molar-refractivity contribution in [3.8, 4) is 0 Å². The van der Waals surface area contributed by atoms with Crippen LogP contribution in [-0.4, -0.2) is 22.8 Å². The lowest BCUT2D eigenvalue weighted by molar-refractivity contribution is -0.402. The molecule has 0 fully saturated rings. The smallest absolute Gasteiger partial charge is 0.395 e. The first-order valence-corrected chi connectivity index (χ1v) is 6.17. The number of halogens is 1. The molecule has 0 saturated carbocycles. The summed E-state index contributed by atoms with van der Waals surface area (Å²) in [5.74, 6) is -1.44. The predicted molar refractivity (Wildman–Crippen MR) is 72.3 cm³/mol. The van der Waals surface area contributed by atoms with Gasteiger partial charge in [-0.1, -0.05) is 12.1 Å². The third-order valence-electron chi connectivity index (χ3n) is 3.24. The predicted octanol–water partition coefficient (Wildman–Crippen LogP) is 3.16. The standard InChI is InChI=1S/C14H13FN2O4/c1-9(10-3-5-11(15)6-4-10)16(2)14(18)12-7-8-13(21-12)17(19)20/h3-9H,1-2H3. The van der Waals surface area contributed by atoms with Crippen LogP contribution in [0.1, 0.15) is 29.1 Å². The van der Waals surface area contributed by atoms with E-state index in [4.69, 9.17) is 4.42 Å². The first-order chi connectivity index (χ1) is 9.90. The summed E-state index contributed by atoms with van der Waals surface area (Å²) >= 11 is 0. The zero-order chi connectivity index (χ0) is 15.6. The van der Waals surface area contributed by atoms with Gasteiger partial charge in [0.25, 0.3) is 5.91 Å². The minimum Gasteiger partial charge on any atom is -0.395 e. The minimum absolute atomic E-state index is 0.113. The fourth-order valence-electron chi connectivity index (χ4n) is 1.86. The van der Waals surface area contributed by atoms with Crippen molar-refractivity contribution in [1.29, 1.82) is 0 Å². The van der Waals surface area contributed by atoms with Gasteiger partial charge in [0.05, 0.1) is 12.1 Å². The van der Waals surface area contributed by atoms with Gasteiger partial charge in [-0.3, -0.25) is 14.9 Å². The molecule has 7 heteroatoms. The summed E-state index contributed by atoms with van der Waals surface area (Å²) in [6.45, 7) is 1.77. The first-order valence-electron chi connectivity index (χ1n) is 6.17. The highest BCUT2D eigenvalue weighted by Gasteiger charge is 2.24. The fourth-order valence-corrected chi connectivity index (χ4v) is 1.86. The quantitative estimate of drug-likeness (QED) is 0.640. The van der Waals surface area contributed by atoms with Crippen molar-refractivity contribution >= 4 is 11.8 Å². The van der Waals surface area contributed by atoms with E-state index in [1.807, 2.05) is 0 Å². The average Bonchev–Trinajstić information content (AvgIpc) is 2.96. The third kappa shape index (κ3) is 3.07. The Morgan fingerprint density at radius 3 is 2.43 bits per heavy atom. The summed E-state index contributed by atoms with van der Waals surface area (Å²) in [5, 5.41) is 10.5. The number of nitrogens with zero attached hydrogens (tertiary/aromatic N) is 2. The summed E-state index contributed by atoms with van der Waals surface area (Å²) in [7, 11) is 1.55. The second-order valence-corrected chi connectivity index (χ2v) is 4.54. The number of furan rings is 1. The lowest BCUT2D eigenvalue weighted by Crippen LogP contribution is -2.29. The normalized spacial score (nSPS) is 12.0. The van der Waals surface area contributed by atoms with Crippen molar-refractivity contribution in [3.63, 3.8) is 0 Å². The Hall–Kier alpha value is -2.70. The Morgan fingerprint density at radius 1 is 1.29 bits per heavy atom. The highest BCUT2D eigenvalue weighted by molar-refractivity contribution is 5.91. The molecule has 2 rings (SSSR count). The van der Waals surface area contributed by atoms with Crippen molar-refractivity contribution in [1.82, 2.24) is 4.90 Å². The maximum Gasteiger partial charge on any atom is 0.433 e. The van der Waals surface area contributed by atoms with Gasteiger partial charge in [-0.2, -0.15) is 0 Å². The van der Waals surface area contributed by atoms with Crippen LogP contribution < -0.4 is 0 Å². The van der Waals surface area contributed by atoms with Crippen LogP contribution in [0.15, 0.2) is 40.8 Å². The molecule has 21 heavy (non-hydrogen) atoms. The van der Waals surface area contributed by atoms with Crippen LogP contribution in [0.3, 0.4) is 0 Å². The molecule has 0 N–H and O–H groups in total. The molecule has 1 heterocycles. The van der Waals surface area contributed by atoms with Gasteiger partial charge in [0.1, 0.15) is 10.7 Å². The number of carbonyl (C=O) groups excluding carboxylic acids is 1. The molecule has 110 valence electrons. The van der Waals surface area contributed by atoms with Gasteiger partial charge in [0.2, 0.25) is 0 Å². The highest BCUT2D eigenvalue weighted by Crippen LogP contribution is 2.23. The highest BCUT2D eigenvalue weighted by atomic mass is 19.1. The van der Waals surface area contributed by atoms with Crippen molar-refractivity contribution in [2.75, 3.05) is 7.05 Å². The molecule has 1 atom stereocenters. The maximum absolute atomic E-state index is 12.9. The van der Waals surface area contributed by atoms with E-state index in [-0.39, 0.29) is 17.6 Å². The molecule has 0 spiro atoms. The fraction of sp³-hybridized carbons (Fsp3) is 0.214. The second-order valence-electron chi connectivity index (χ2n) is 4.54. The van der Waals surface area contributed by atoms with Crippen LogP contribution in [0.4, 0.5) is 10.3 Å². The Kier molecular flexibility index (Phi) is 4.02. The molecule has 0 radical (unpaired) electrons. The van der Waals surface area contributed by atoms with Gasteiger partial charge < -0.3 is 9.32 Å². The number of hydrogen-bond acceptors (Lipinski definition) is 4. The van der Waals surface area contributed by atoms with Gasteiger partial charge in [-0.05, 0) is 30.7 Å². The summed E-state index contributed by atoms with van der Waals surface area (Å²) in [4.78, 5) is 23.4. The SMILES string of the molecule is CC(c1ccc(F)cc1)N(C)C(=O)c1ccc([N+](=O)[O-])o1. The van der Waals surface area contributed by atoms with E-state index in [1.165, 1.54) is 23.1 Å². The zero-order valence-corrected chi connectivity index (χ0v) is 11.4. The molecule has 0 bridgehead atoms. The summed E-state index contributed by atoms with van der Waals surface area (Å²) in [5.41, 5.74) is 0.744. The lowest BCUT2D eigenvalue weighted by Gasteiger charge is -2.24. The third-order valence-corrected chi connectivity index (χ3v) is 3.24. The Bertz CT molecular complexity index is 666. The van der Waals surface area contributed by atoms with Crippen LogP contribution >= 0.6 is 0 Å². The van der Waals surface area contributed by atoms with E-state index in [2.05, 4.69) is 0 Å².